The van der Waals surface area contributed by atoms with Gasteiger partial charge in [-0.1, -0.05) is 11.6 Å². The molecule has 1 aliphatic heterocycles. The maximum atomic E-state index is 13.2. The first-order valence-corrected chi connectivity index (χ1v) is 14.8. The minimum absolute atomic E-state index is 0.256. The Morgan fingerprint density at radius 3 is 2.79 bits per heavy atom. The number of aromatic nitrogens is 3. The standard InChI is InChI=1S/C32H35ClN6O4/c1-34-26-11-20(33)10-22-21(26)12-27-28(22)29(39-6-5-18(16-39)15-37(2)7-8-43-4)24(14-35-27)19-9-23-30(40)25(32(41)42)17-38(3)31(23)36-13-19/h9-11,13-14,17-18,34H,5-8,12,15-16H2,1-4H3,(H,41,42). The van der Waals surface area contributed by atoms with Crippen LogP contribution in [0.5, 0.6) is 0 Å². The van der Waals surface area contributed by atoms with E-state index in [-0.39, 0.29) is 10.9 Å². The summed E-state index contributed by atoms with van der Waals surface area (Å²) in [5, 5.41) is 13.8. The fourth-order valence-electron chi connectivity index (χ4n) is 6.56. The second-order valence-corrected chi connectivity index (χ2v) is 11.9. The monoisotopic (exact) mass is 602 g/mol. The van der Waals surface area contributed by atoms with Gasteiger partial charge in [0.25, 0.3) is 0 Å². The van der Waals surface area contributed by atoms with E-state index in [9.17, 15) is 14.7 Å². The second kappa shape index (κ2) is 11.6. The molecule has 0 bridgehead atoms. The number of aromatic carboxylic acids is 1. The summed E-state index contributed by atoms with van der Waals surface area (Å²) < 4.78 is 6.85. The van der Waals surface area contributed by atoms with Gasteiger partial charge in [-0.3, -0.25) is 9.78 Å². The molecule has 0 amide bonds. The minimum Gasteiger partial charge on any atom is -0.477 e. The van der Waals surface area contributed by atoms with Crippen LogP contribution in [0.1, 0.15) is 28.0 Å². The number of nitrogens with zero attached hydrogens (tertiary/aromatic N) is 5. The topological polar surface area (TPSA) is 113 Å². The summed E-state index contributed by atoms with van der Waals surface area (Å²) in [6.45, 7) is 4.25. The zero-order valence-electron chi connectivity index (χ0n) is 24.8. The molecule has 4 heterocycles. The number of carbonyl (C=O) groups is 1. The molecule has 1 atom stereocenters. The number of likely N-dealkylation sites (N-methyl/N-ethyl adjacent to an activating group) is 1. The highest BCUT2D eigenvalue weighted by atomic mass is 35.5. The van der Waals surface area contributed by atoms with Crippen molar-refractivity contribution >= 4 is 40.0 Å². The van der Waals surface area contributed by atoms with Crippen LogP contribution in [0.25, 0.3) is 33.3 Å². The van der Waals surface area contributed by atoms with Crippen LogP contribution in [0.15, 0.2) is 41.6 Å². The third kappa shape index (κ3) is 5.24. The Labute approximate surface area is 254 Å². The summed E-state index contributed by atoms with van der Waals surface area (Å²) >= 11 is 6.62. The van der Waals surface area contributed by atoms with E-state index in [0.29, 0.717) is 35.2 Å². The quantitative estimate of drug-likeness (QED) is 0.254. The van der Waals surface area contributed by atoms with Crippen molar-refractivity contribution in [3.8, 4) is 22.3 Å². The van der Waals surface area contributed by atoms with Gasteiger partial charge in [0, 0.05) is 99.8 Å². The highest BCUT2D eigenvalue weighted by molar-refractivity contribution is 6.31. The molecule has 3 aromatic heterocycles. The predicted octanol–water partition coefficient (Wildman–Crippen LogP) is 4.36. The number of carboxylic acids is 1. The first-order chi connectivity index (χ1) is 20.7. The van der Waals surface area contributed by atoms with Crippen molar-refractivity contribution in [2.75, 3.05) is 64.2 Å². The molecule has 224 valence electrons. The van der Waals surface area contributed by atoms with E-state index >= 15 is 0 Å². The van der Waals surface area contributed by atoms with E-state index in [1.165, 1.54) is 6.20 Å². The highest BCUT2D eigenvalue weighted by Gasteiger charge is 2.33. The fraction of sp³-hybridized carbons (Fsp3) is 0.375. The zero-order valence-corrected chi connectivity index (χ0v) is 25.5. The van der Waals surface area contributed by atoms with Crippen LogP contribution in [0.2, 0.25) is 5.02 Å². The number of nitrogens with one attached hydrogen (secondary N) is 1. The van der Waals surface area contributed by atoms with Crippen molar-refractivity contribution in [2.24, 2.45) is 13.0 Å². The third-order valence-corrected chi connectivity index (χ3v) is 8.85. The molecule has 10 nitrogen and oxygen atoms in total. The largest absolute Gasteiger partial charge is 0.477 e. The normalized spacial score (nSPS) is 15.8. The van der Waals surface area contributed by atoms with Crippen LogP contribution in [0.3, 0.4) is 0 Å². The Balaban J connectivity index is 1.52. The van der Waals surface area contributed by atoms with E-state index in [2.05, 4.69) is 27.1 Å². The molecule has 0 radical (unpaired) electrons. The maximum absolute atomic E-state index is 13.2. The van der Waals surface area contributed by atoms with Crippen molar-refractivity contribution in [3.05, 3.63) is 68.9 Å². The number of hydrogen-bond donors (Lipinski definition) is 2. The van der Waals surface area contributed by atoms with Crippen LogP contribution in [-0.4, -0.2) is 84.5 Å². The number of halogens is 1. The van der Waals surface area contributed by atoms with Crippen molar-refractivity contribution < 1.29 is 14.6 Å². The molecular weight excluding hydrogens is 568 g/mol. The van der Waals surface area contributed by atoms with Gasteiger partial charge in [0.15, 0.2) is 0 Å². The lowest BCUT2D eigenvalue weighted by Crippen LogP contribution is -2.30. The number of benzene rings is 1. The molecule has 0 spiro atoms. The van der Waals surface area contributed by atoms with Crippen LogP contribution in [0, 0.1) is 5.92 Å². The van der Waals surface area contributed by atoms with Crippen LogP contribution in [-0.2, 0) is 18.2 Å². The van der Waals surface area contributed by atoms with Gasteiger partial charge in [0.2, 0.25) is 5.43 Å². The van der Waals surface area contributed by atoms with Crippen molar-refractivity contribution in [1.82, 2.24) is 19.4 Å². The number of hydrogen-bond acceptors (Lipinski definition) is 8. The fourth-order valence-corrected chi connectivity index (χ4v) is 6.78. The number of methoxy groups -OCH3 is 1. The van der Waals surface area contributed by atoms with E-state index < -0.39 is 11.4 Å². The molecule has 1 aromatic carbocycles. The summed E-state index contributed by atoms with van der Waals surface area (Å²) in [5.74, 6) is -0.799. The first kappa shape index (κ1) is 29.1. The molecule has 1 unspecified atom stereocenters. The van der Waals surface area contributed by atoms with Gasteiger partial charge < -0.3 is 29.5 Å². The predicted molar refractivity (Wildman–Crippen MR) is 170 cm³/mol. The van der Waals surface area contributed by atoms with Crippen LogP contribution < -0.4 is 15.6 Å². The zero-order chi connectivity index (χ0) is 30.4. The first-order valence-electron chi connectivity index (χ1n) is 14.4. The van der Waals surface area contributed by atoms with Gasteiger partial charge in [-0.2, -0.15) is 0 Å². The molecule has 2 N–H and O–H groups in total. The minimum atomic E-state index is -1.26. The summed E-state index contributed by atoms with van der Waals surface area (Å²) in [4.78, 5) is 39.3. The van der Waals surface area contributed by atoms with Crippen molar-refractivity contribution in [2.45, 2.75) is 12.8 Å². The molecule has 11 heteroatoms. The summed E-state index contributed by atoms with van der Waals surface area (Å²) in [7, 11) is 7.44. The number of pyridine rings is 3. The van der Waals surface area contributed by atoms with Gasteiger partial charge in [0.1, 0.15) is 11.2 Å². The molecule has 1 aliphatic carbocycles. The van der Waals surface area contributed by atoms with Crippen molar-refractivity contribution in [3.63, 3.8) is 0 Å². The molecular formula is C32H35ClN6O4. The van der Waals surface area contributed by atoms with Crippen LogP contribution >= 0.6 is 11.6 Å². The van der Waals surface area contributed by atoms with E-state index in [1.54, 1.807) is 31.0 Å². The smallest absolute Gasteiger partial charge is 0.341 e. The number of carboxylic acid groups (broad SMARTS) is 1. The summed E-state index contributed by atoms with van der Waals surface area (Å²) in [6, 6.07) is 5.71. The maximum Gasteiger partial charge on any atom is 0.341 e. The lowest BCUT2D eigenvalue weighted by atomic mass is 9.97. The number of aryl methyl sites for hydroxylation is 1. The van der Waals surface area contributed by atoms with E-state index in [0.717, 1.165) is 71.9 Å². The van der Waals surface area contributed by atoms with E-state index in [4.69, 9.17) is 21.3 Å². The molecule has 6 rings (SSSR count). The lowest BCUT2D eigenvalue weighted by Gasteiger charge is -2.27. The number of ether oxygens (including phenoxy) is 1. The Kier molecular flexibility index (Phi) is 7.85. The molecule has 0 saturated carbocycles. The Morgan fingerprint density at radius 1 is 1.23 bits per heavy atom. The second-order valence-electron chi connectivity index (χ2n) is 11.5. The van der Waals surface area contributed by atoms with E-state index in [1.807, 2.05) is 25.4 Å². The van der Waals surface area contributed by atoms with Gasteiger partial charge >= 0.3 is 5.97 Å². The molecule has 43 heavy (non-hydrogen) atoms. The number of rotatable bonds is 9. The highest BCUT2D eigenvalue weighted by Crippen LogP contribution is 2.50. The molecule has 4 aromatic rings. The van der Waals surface area contributed by atoms with Gasteiger partial charge in [0.05, 0.1) is 23.4 Å². The van der Waals surface area contributed by atoms with Gasteiger partial charge in [-0.25, -0.2) is 9.78 Å². The lowest BCUT2D eigenvalue weighted by molar-refractivity contribution is 0.0695. The SMILES string of the molecule is CNc1cc(Cl)cc2c1Cc1ncc(-c3cnc4c(c3)c(=O)c(C(=O)O)cn4C)c(N3CCC(CN(C)CCOC)C3)c1-2. The average molecular weight is 603 g/mol. The summed E-state index contributed by atoms with van der Waals surface area (Å²) in [6.07, 6.45) is 6.65. The number of fused-ring (bicyclic) bond motifs is 4. The number of anilines is 2. The Hall–Kier alpha value is -3.99. The molecule has 1 fully saturated rings. The van der Waals surface area contributed by atoms with Gasteiger partial charge in [-0.05, 0) is 48.7 Å². The third-order valence-electron chi connectivity index (χ3n) is 8.63. The average Bonchev–Trinajstić information content (AvgIpc) is 3.61. The Bertz CT molecular complexity index is 1810. The summed E-state index contributed by atoms with van der Waals surface area (Å²) in [5.41, 5.74) is 7.39. The van der Waals surface area contributed by atoms with Crippen molar-refractivity contribution in [1.29, 1.82) is 0 Å². The molecule has 1 saturated heterocycles. The van der Waals surface area contributed by atoms with Crippen LogP contribution in [0.4, 0.5) is 11.4 Å². The molecule has 2 aliphatic rings. The van der Waals surface area contributed by atoms with Gasteiger partial charge in [-0.15, -0.1) is 0 Å². The Morgan fingerprint density at radius 2 is 2.05 bits per heavy atom.